The van der Waals surface area contributed by atoms with Crippen LogP contribution >= 0.6 is 0 Å². The first-order chi connectivity index (χ1) is 8.72. The summed E-state index contributed by atoms with van der Waals surface area (Å²) < 4.78 is 0. The van der Waals surface area contributed by atoms with Gasteiger partial charge in [0.15, 0.2) is 0 Å². The number of hydrogen-bond donors (Lipinski definition) is 5. The first kappa shape index (κ1) is 19.5. The van der Waals surface area contributed by atoms with Crippen LogP contribution in [0.15, 0.2) is 0 Å². The van der Waals surface area contributed by atoms with Gasteiger partial charge in [-0.25, -0.2) is 4.79 Å². The lowest BCUT2D eigenvalue weighted by molar-refractivity contribution is -0.126. The van der Waals surface area contributed by atoms with E-state index in [2.05, 4.69) is 10.6 Å². The van der Waals surface area contributed by atoms with Crippen molar-refractivity contribution in [2.45, 2.75) is 33.2 Å². The molecule has 0 aromatic rings. The maximum atomic E-state index is 11.0. The average molecular weight is 275 g/mol. The summed E-state index contributed by atoms with van der Waals surface area (Å²) in [4.78, 5) is 31.2. The summed E-state index contributed by atoms with van der Waals surface area (Å²) >= 11 is 0. The Kier molecular flexibility index (Phi) is 11.6. The molecule has 0 spiro atoms. The standard InChI is InChI=1S/C7H15N3O2.C4H10N2O/c1-4(2)6(9)7(12)10-3-5(8)11;1-2-3-6-4(5)7/h4,6H,3,9H2,1-2H3,(H2,8,11)(H,10,12);2-3H2,1H3,(H3,5,6,7). The van der Waals surface area contributed by atoms with E-state index in [0.717, 1.165) is 6.42 Å². The van der Waals surface area contributed by atoms with Gasteiger partial charge in [0, 0.05) is 6.54 Å². The third kappa shape index (κ3) is 14.1. The van der Waals surface area contributed by atoms with Crippen molar-refractivity contribution in [2.75, 3.05) is 13.1 Å². The minimum absolute atomic E-state index is 0.0536. The van der Waals surface area contributed by atoms with E-state index in [9.17, 15) is 14.4 Å². The van der Waals surface area contributed by atoms with Gasteiger partial charge in [-0.15, -0.1) is 0 Å². The smallest absolute Gasteiger partial charge is 0.312 e. The molecule has 0 heterocycles. The SMILES string of the molecule is CC(C)C(N)C(=O)NCC(N)=O.CCCNC(N)=O. The highest BCUT2D eigenvalue weighted by atomic mass is 16.2. The van der Waals surface area contributed by atoms with Crippen LogP contribution in [0, 0.1) is 5.92 Å². The lowest BCUT2D eigenvalue weighted by atomic mass is 10.1. The zero-order valence-corrected chi connectivity index (χ0v) is 11.7. The summed E-state index contributed by atoms with van der Waals surface area (Å²) in [5.41, 5.74) is 15.0. The van der Waals surface area contributed by atoms with E-state index in [1.807, 2.05) is 20.8 Å². The van der Waals surface area contributed by atoms with E-state index in [4.69, 9.17) is 17.2 Å². The topological polar surface area (TPSA) is 153 Å². The van der Waals surface area contributed by atoms with Gasteiger partial charge in [-0.05, 0) is 12.3 Å². The first-order valence-corrected chi connectivity index (χ1v) is 6.07. The maximum Gasteiger partial charge on any atom is 0.312 e. The van der Waals surface area contributed by atoms with Crippen molar-refractivity contribution in [1.29, 1.82) is 0 Å². The predicted molar refractivity (Wildman–Crippen MR) is 72.9 cm³/mol. The Labute approximate surface area is 113 Å². The number of hydrogen-bond acceptors (Lipinski definition) is 4. The Morgan fingerprint density at radius 3 is 1.89 bits per heavy atom. The van der Waals surface area contributed by atoms with Crippen molar-refractivity contribution in [2.24, 2.45) is 23.1 Å². The van der Waals surface area contributed by atoms with Crippen LogP contribution in [-0.2, 0) is 9.59 Å². The average Bonchev–Trinajstić information content (AvgIpc) is 2.32. The van der Waals surface area contributed by atoms with Crippen molar-refractivity contribution in [1.82, 2.24) is 10.6 Å². The molecular formula is C11H25N5O3. The Hall–Kier alpha value is -1.83. The van der Waals surface area contributed by atoms with Crippen LogP contribution in [0.25, 0.3) is 0 Å². The number of nitrogens with one attached hydrogen (secondary N) is 2. The number of primary amides is 2. The van der Waals surface area contributed by atoms with Gasteiger partial charge in [0.25, 0.3) is 0 Å². The van der Waals surface area contributed by atoms with Crippen LogP contribution in [0.2, 0.25) is 0 Å². The number of rotatable bonds is 6. The molecule has 0 aromatic heterocycles. The fourth-order valence-electron chi connectivity index (χ4n) is 0.843. The molecule has 0 radical (unpaired) electrons. The summed E-state index contributed by atoms with van der Waals surface area (Å²) in [7, 11) is 0. The quantitative estimate of drug-likeness (QED) is 0.406. The zero-order chi connectivity index (χ0) is 15.4. The van der Waals surface area contributed by atoms with Crippen molar-refractivity contribution >= 4 is 17.8 Å². The minimum atomic E-state index is -0.579. The summed E-state index contributed by atoms with van der Waals surface area (Å²) in [6.07, 6.45) is 0.933. The largest absolute Gasteiger partial charge is 0.368 e. The van der Waals surface area contributed by atoms with Gasteiger partial charge in [0.2, 0.25) is 11.8 Å². The van der Waals surface area contributed by atoms with Crippen molar-refractivity contribution in [3.8, 4) is 0 Å². The van der Waals surface area contributed by atoms with Crippen molar-refractivity contribution < 1.29 is 14.4 Å². The Morgan fingerprint density at radius 2 is 1.63 bits per heavy atom. The molecular weight excluding hydrogens is 250 g/mol. The molecule has 0 aliphatic rings. The van der Waals surface area contributed by atoms with E-state index in [1.54, 1.807) is 0 Å². The lowest BCUT2D eigenvalue weighted by Gasteiger charge is -2.14. The number of nitrogens with two attached hydrogens (primary N) is 3. The minimum Gasteiger partial charge on any atom is -0.368 e. The van der Waals surface area contributed by atoms with Crippen LogP contribution in [0.4, 0.5) is 4.79 Å². The van der Waals surface area contributed by atoms with Gasteiger partial charge in [0.05, 0.1) is 12.6 Å². The molecule has 0 aliphatic carbocycles. The molecule has 1 unspecified atom stereocenters. The number of urea groups is 1. The van der Waals surface area contributed by atoms with E-state index in [0.29, 0.717) is 6.54 Å². The first-order valence-electron chi connectivity index (χ1n) is 6.07. The molecule has 4 amide bonds. The fourth-order valence-corrected chi connectivity index (χ4v) is 0.843. The summed E-state index contributed by atoms with van der Waals surface area (Å²) in [5.74, 6) is -0.860. The lowest BCUT2D eigenvalue weighted by Crippen LogP contribution is -2.46. The van der Waals surface area contributed by atoms with E-state index in [1.165, 1.54) is 0 Å². The molecule has 8 nitrogen and oxygen atoms in total. The Balaban J connectivity index is 0. The summed E-state index contributed by atoms with van der Waals surface area (Å²) in [5, 5.41) is 4.76. The molecule has 0 saturated heterocycles. The molecule has 19 heavy (non-hydrogen) atoms. The molecule has 112 valence electrons. The zero-order valence-electron chi connectivity index (χ0n) is 11.7. The second-order valence-electron chi connectivity index (χ2n) is 4.24. The molecule has 0 rings (SSSR count). The summed E-state index contributed by atoms with van der Waals surface area (Å²) in [6, 6.07) is -1.02. The molecule has 0 bridgehead atoms. The highest BCUT2D eigenvalue weighted by Gasteiger charge is 2.16. The van der Waals surface area contributed by atoms with Crippen LogP contribution < -0.4 is 27.8 Å². The van der Waals surface area contributed by atoms with Gasteiger partial charge in [0.1, 0.15) is 0 Å². The fraction of sp³-hybridized carbons (Fsp3) is 0.727. The van der Waals surface area contributed by atoms with E-state index in [-0.39, 0.29) is 18.4 Å². The van der Waals surface area contributed by atoms with Crippen LogP contribution in [-0.4, -0.2) is 37.0 Å². The number of amides is 4. The Bertz CT molecular complexity index is 294. The molecule has 0 fully saturated rings. The van der Waals surface area contributed by atoms with E-state index < -0.39 is 18.0 Å². The normalized spacial score (nSPS) is 11.0. The molecule has 0 aliphatic heterocycles. The molecule has 0 aromatic carbocycles. The Morgan fingerprint density at radius 1 is 1.11 bits per heavy atom. The van der Waals surface area contributed by atoms with Gasteiger partial charge >= 0.3 is 6.03 Å². The van der Waals surface area contributed by atoms with Gasteiger partial charge in [-0.1, -0.05) is 20.8 Å². The monoisotopic (exact) mass is 275 g/mol. The third-order valence-electron chi connectivity index (χ3n) is 2.01. The number of carbonyl (C=O) groups is 3. The molecule has 8 heteroatoms. The highest BCUT2D eigenvalue weighted by Crippen LogP contribution is 1.96. The van der Waals surface area contributed by atoms with Gasteiger partial charge < -0.3 is 27.8 Å². The number of carbonyl (C=O) groups excluding carboxylic acids is 3. The second kappa shape index (κ2) is 11.3. The van der Waals surface area contributed by atoms with Gasteiger partial charge in [-0.3, -0.25) is 9.59 Å². The van der Waals surface area contributed by atoms with E-state index >= 15 is 0 Å². The van der Waals surface area contributed by atoms with Crippen LogP contribution in [0.3, 0.4) is 0 Å². The third-order valence-corrected chi connectivity index (χ3v) is 2.01. The van der Waals surface area contributed by atoms with Gasteiger partial charge in [-0.2, -0.15) is 0 Å². The molecule has 0 saturated carbocycles. The molecule has 1 atom stereocenters. The predicted octanol–water partition coefficient (Wildman–Crippen LogP) is -1.36. The second-order valence-corrected chi connectivity index (χ2v) is 4.24. The maximum absolute atomic E-state index is 11.0. The molecule has 8 N–H and O–H groups in total. The van der Waals surface area contributed by atoms with Crippen molar-refractivity contribution in [3.63, 3.8) is 0 Å². The van der Waals surface area contributed by atoms with Crippen LogP contribution in [0.5, 0.6) is 0 Å². The highest BCUT2D eigenvalue weighted by molar-refractivity contribution is 5.86. The van der Waals surface area contributed by atoms with Crippen molar-refractivity contribution in [3.05, 3.63) is 0 Å². The summed E-state index contributed by atoms with van der Waals surface area (Å²) in [6.45, 7) is 6.15. The van der Waals surface area contributed by atoms with Crippen LogP contribution in [0.1, 0.15) is 27.2 Å².